The van der Waals surface area contributed by atoms with E-state index in [1.54, 1.807) is 24.5 Å². The minimum absolute atomic E-state index is 0.0293. The smallest absolute Gasteiger partial charge is 0.338 e. The number of nitrogens with zero attached hydrogens (tertiary/aromatic N) is 6. The van der Waals surface area contributed by atoms with E-state index in [0.717, 1.165) is 69.6 Å². The van der Waals surface area contributed by atoms with Gasteiger partial charge in [0.1, 0.15) is 5.82 Å². The SMILES string of the molecule is CN(Cc1ccc(C(F)(F)F)c(F)c1)C1CN(CN2CCN(c3ncccn3)CC2)CC1c1ccc(Cl)c(Cl)c1. The van der Waals surface area contributed by atoms with E-state index >= 15 is 0 Å². The normalized spacial score (nSPS) is 20.9. The summed E-state index contributed by atoms with van der Waals surface area (Å²) in [6.45, 7) is 6.01. The standard InChI is InChI=1S/C28H30Cl2F4N6/c1-37(15-19-3-5-22(25(31)13-19)28(32,33)34)26-17-39(16-21(26)20-4-6-23(29)24(30)14-20)18-38-9-11-40(12-10-38)27-35-7-2-8-36-27/h2-8,13-14,21,26H,9-12,15-18H2,1H3. The molecule has 1 aromatic heterocycles. The second-order valence-electron chi connectivity index (χ2n) is 10.4. The van der Waals surface area contributed by atoms with E-state index in [2.05, 4.69) is 29.6 Å². The Bertz CT molecular complexity index is 1300. The van der Waals surface area contributed by atoms with Crippen LogP contribution in [0.5, 0.6) is 0 Å². The number of likely N-dealkylation sites (tertiary alicyclic amines) is 1. The largest absolute Gasteiger partial charge is 0.419 e. The van der Waals surface area contributed by atoms with Gasteiger partial charge < -0.3 is 4.90 Å². The Morgan fingerprint density at radius 3 is 2.30 bits per heavy atom. The first-order valence-electron chi connectivity index (χ1n) is 13.1. The fourth-order valence-electron chi connectivity index (χ4n) is 5.62. The van der Waals surface area contributed by atoms with Gasteiger partial charge in [-0.3, -0.25) is 14.7 Å². The van der Waals surface area contributed by atoms with E-state index in [9.17, 15) is 17.6 Å². The van der Waals surface area contributed by atoms with Gasteiger partial charge in [0.25, 0.3) is 0 Å². The number of rotatable bonds is 7. The lowest BCUT2D eigenvalue weighted by atomic mass is 9.93. The van der Waals surface area contributed by atoms with Crippen molar-refractivity contribution in [2.75, 3.05) is 57.9 Å². The quantitative estimate of drug-likeness (QED) is 0.330. The molecule has 0 bridgehead atoms. The molecule has 5 rings (SSSR count). The Labute approximate surface area is 241 Å². The van der Waals surface area contributed by atoms with Gasteiger partial charge in [0.15, 0.2) is 0 Å². The van der Waals surface area contributed by atoms with Crippen molar-refractivity contribution in [3.63, 3.8) is 0 Å². The van der Waals surface area contributed by atoms with Crippen molar-refractivity contribution < 1.29 is 17.6 Å². The van der Waals surface area contributed by atoms with Crippen molar-refractivity contribution in [1.82, 2.24) is 24.7 Å². The molecule has 2 unspecified atom stereocenters. The summed E-state index contributed by atoms with van der Waals surface area (Å²) in [7, 11) is 1.92. The lowest BCUT2D eigenvalue weighted by molar-refractivity contribution is -0.140. The van der Waals surface area contributed by atoms with E-state index in [-0.39, 0.29) is 12.0 Å². The molecule has 0 radical (unpaired) electrons. The van der Waals surface area contributed by atoms with Crippen LogP contribution >= 0.6 is 23.2 Å². The van der Waals surface area contributed by atoms with Crippen LogP contribution in [0.4, 0.5) is 23.5 Å². The summed E-state index contributed by atoms with van der Waals surface area (Å²) in [6, 6.07) is 10.6. The molecule has 2 atom stereocenters. The molecule has 2 aliphatic rings. The van der Waals surface area contributed by atoms with Crippen molar-refractivity contribution >= 4 is 29.2 Å². The van der Waals surface area contributed by atoms with Gasteiger partial charge in [-0.1, -0.05) is 35.3 Å². The Kier molecular flexibility index (Phi) is 8.82. The van der Waals surface area contributed by atoms with E-state index in [4.69, 9.17) is 23.2 Å². The lowest BCUT2D eigenvalue weighted by Gasteiger charge is -2.36. The summed E-state index contributed by atoms with van der Waals surface area (Å²) in [5.74, 6) is -0.435. The lowest BCUT2D eigenvalue weighted by Crippen LogP contribution is -2.50. The highest BCUT2D eigenvalue weighted by Gasteiger charge is 2.38. The van der Waals surface area contributed by atoms with Crippen LogP contribution in [0.1, 0.15) is 22.6 Å². The number of hydrogen-bond acceptors (Lipinski definition) is 6. The van der Waals surface area contributed by atoms with Crippen molar-refractivity contribution in [3.05, 3.63) is 87.4 Å². The van der Waals surface area contributed by atoms with Crippen molar-refractivity contribution in [2.24, 2.45) is 0 Å². The molecule has 40 heavy (non-hydrogen) atoms. The van der Waals surface area contributed by atoms with Gasteiger partial charge in [-0.2, -0.15) is 13.2 Å². The molecule has 0 N–H and O–H groups in total. The molecule has 2 aromatic carbocycles. The van der Waals surface area contributed by atoms with E-state index in [1.807, 2.05) is 19.2 Å². The maximum Gasteiger partial charge on any atom is 0.419 e. The predicted molar refractivity (Wildman–Crippen MR) is 148 cm³/mol. The highest BCUT2D eigenvalue weighted by molar-refractivity contribution is 6.42. The maximum atomic E-state index is 14.3. The molecule has 6 nitrogen and oxygen atoms in total. The van der Waals surface area contributed by atoms with Gasteiger partial charge in [0.05, 0.1) is 22.3 Å². The minimum Gasteiger partial charge on any atom is -0.338 e. The first-order chi connectivity index (χ1) is 19.1. The molecule has 214 valence electrons. The van der Waals surface area contributed by atoms with Crippen LogP contribution in [0.3, 0.4) is 0 Å². The number of benzene rings is 2. The van der Waals surface area contributed by atoms with Crippen LogP contribution in [0.25, 0.3) is 0 Å². The van der Waals surface area contributed by atoms with Crippen LogP contribution in [0, 0.1) is 5.82 Å². The highest BCUT2D eigenvalue weighted by atomic mass is 35.5. The van der Waals surface area contributed by atoms with Crippen LogP contribution in [0.2, 0.25) is 10.0 Å². The molecular formula is C28H30Cl2F4N6. The minimum atomic E-state index is -4.72. The Hall–Kier alpha value is -2.50. The molecule has 0 amide bonds. The Morgan fingerprint density at radius 1 is 0.925 bits per heavy atom. The van der Waals surface area contributed by atoms with Gasteiger partial charge in [0, 0.05) is 70.2 Å². The van der Waals surface area contributed by atoms with Gasteiger partial charge in [-0.25, -0.2) is 14.4 Å². The molecule has 2 fully saturated rings. The molecular weight excluding hydrogens is 567 g/mol. The molecule has 0 spiro atoms. The predicted octanol–water partition coefficient (Wildman–Crippen LogP) is 5.62. The molecule has 3 heterocycles. The molecule has 0 saturated carbocycles. The summed E-state index contributed by atoms with van der Waals surface area (Å²) in [5.41, 5.74) is 0.274. The van der Waals surface area contributed by atoms with E-state index in [0.29, 0.717) is 22.2 Å². The van der Waals surface area contributed by atoms with E-state index < -0.39 is 17.6 Å². The molecule has 2 saturated heterocycles. The fourth-order valence-corrected chi connectivity index (χ4v) is 5.92. The monoisotopic (exact) mass is 596 g/mol. The number of alkyl halides is 3. The van der Waals surface area contributed by atoms with Gasteiger partial charge >= 0.3 is 6.18 Å². The Balaban J connectivity index is 1.28. The number of aromatic nitrogens is 2. The van der Waals surface area contributed by atoms with E-state index in [1.165, 1.54) is 6.07 Å². The first-order valence-corrected chi connectivity index (χ1v) is 13.8. The number of hydrogen-bond donors (Lipinski definition) is 0. The molecule has 12 heteroatoms. The average molecular weight is 597 g/mol. The fraction of sp³-hybridized carbons (Fsp3) is 0.429. The number of piperazine rings is 1. The highest BCUT2D eigenvalue weighted by Crippen LogP contribution is 2.36. The second kappa shape index (κ2) is 12.2. The third kappa shape index (κ3) is 6.69. The average Bonchev–Trinajstić information content (AvgIpc) is 3.34. The van der Waals surface area contributed by atoms with Crippen LogP contribution in [0.15, 0.2) is 54.9 Å². The van der Waals surface area contributed by atoms with Crippen LogP contribution in [-0.2, 0) is 12.7 Å². The molecule has 2 aliphatic heterocycles. The first kappa shape index (κ1) is 29.0. The zero-order chi connectivity index (χ0) is 28.4. The Morgan fingerprint density at radius 2 is 1.65 bits per heavy atom. The number of likely N-dealkylation sites (N-methyl/N-ethyl adjacent to an activating group) is 1. The van der Waals surface area contributed by atoms with Crippen molar-refractivity contribution in [2.45, 2.75) is 24.7 Å². The van der Waals surface area contributed by atoms with Crippen molar-refractivity contribution in [1.29, 1.82) is 0 Å². The number of anilines is 1. The summed E-state index contributed by atoms with van der Waals surface area (Å²) in [4.78, 5) is 17.8. The third-order valence-corrected chi connectivity index (χ3v) is 8.42. The summed E-state index contributed by atoms with van der Waals surface area (Å²) >= 11 is 12.5. The van der Waals surface area contributed by atoms with Crippen molar-refractivity contribution in [3.8, 4) is 0 Å². The summed E-state index contributed by atoms with van der Waals surface area (Å²) in [6.07, 6.45) is -1.23. The van der Waals surface area contributed by atoms with Crippen LogP contribution in [-0.4, -0.2) is 83.7 Å². The topological polar surface area (TPSA) is 38.7 Å². The van der Waals surface area contributed by atoms with Gasteiger partial charge in [-0.05, 0) is 48.5 Å². The third-order valence-electron chi connectivity index (χ3n) is 7.68. The summed E-state index contributed by atoms with van der Waals surface area (Å²) < 4.78 is 53.4. The molecule has 3 aromatic rings. The van der Waals surface area contributed by atoms with Gasteiger partial charge in [-0.15, -0.1) is 0 Å². The van der Waals surface area contributed by atoms with Crippen LogP contribution < -0.4 is 4.90 Å². The zero-order valence-corrected chi connectivity index (χ0v) is 23.5. The molecule has 0 aliphatic carbocycles. The summed E-state index contributed by atoms with van der Waals surface area (Å²) in [5, 5.41) is 0.953. The maximum absolute atomic E-state index is 14.3. The van der Waals surface area contributed by atoms with Gasteiger partial charge in [0.2, 0.25) is 5.95 Å². The zero-order valence-electron chi connectivity index (χ0n) is 22.0. The number of halogens is 6. The second-order valence-corrected chi connectivity index (χ2v) is 11.2.